The lowest BCUT2D eigenvalue weighted by atomic mass is 10.0. The molecule has 1 unspecified atom stereocenters. The van der Waals surface area contributed by atoms with Gasteiger partial charge in [0.25, 0.3) is 5.91 Å². The van der Waals surface area contributed by atoms with Gasteiger partial charge >= 0.3 is 5.97 Å². The fourth-order valence-corrected chi connectivity index (χ4v) is 1.90. The van der Waals surface area contributed by atoms with Crippen molar-refractivity contribution in [3.63, 3.8) is 0 Å². The Hall–Kier alpha value is -1.91. The van der Waals surface area contributed by atoms with Crippen LogP contribution in [-0.4, -0.2) is 40.0 Å². The summed E-state index contributed by atoms with van der Waals surface area (Å²) in [6, 6.07) is 0.892. The number of hydrogen-bond acceptors (Lipinski definition) is 3. The average molecular weight is 250 g/mol. The average Bonchev–Trinajstić information content (AvgIpc) is 2.27. The molecule has 98 valence electrons. The SMILES string of the molecule is Cc1ccncc1C(=O)N(C)C(C(=O)O)C(C)C. The Morgan fingerprint density at radius 2 is 2.00 bits per heavy atom. The highest BCUT2D eigenvalue weighted by molar-refractivity contribution is 5.97. The van der Waals surface area contributed by atoms with E-state index in [0.717, 1.165) is 5.56 Å². The van der Waals surface area contributed by atoms with E-state index in [0.29, 0.717) is 5.56 Å². The first kappa shape index (κ1) is 14.2. The van der Waals surface area contributed by atoms with Crippen molar-refractivity contribution < 1.29 is 14.7 Å². The van der Waals surface area contributed by atoms with Gasteiger partial charge in [0.15, 0.2) is 0 Å². The van der Waals surface area contributed by atoms with Gasteiger partial charge in [-0.15, -0.1) is 0 Å². The zero-order valence-corrected chi connectivity index (χ0v) is 11.0. The van der Waals surface area contributed by atoms with Gasteiger partial charge in [-0.25, -0.2) is 4.79 Å². The van der Waals surface area contributed by atoms with Gasteiger partial charge in [0.05, 0.1) is 5.56 Å². The Morgan fingerprint density at radius 3 is 2.44 bits per heavy atom. The number of carboxylic acids is 1. The number of aliphatic carboxylic acids is 1. The third-order valence-corrected chi connectivity index (χ3v) is 2.89. The largest absolute Gasteiger partial charge is 0.480 e. The van der Waals surface area contributed by atoms with E-state index >= 15 is 0 Å². The molecule has 1 N–H and O–H groups in total. The molecule has 0 aliphatic carbocycles. The van der Waals surface area contributed by atoms with E-state index in [1.54, 1.807) is 33.0 Å². The maximum Gasteiger partial charge on any atom is 0.326 e. The van der Waals surface area contributed by atoms with Crippen molar-refractivity contribution in [2.75, 3.05) is 7.05 Å². The Kier molecular flexibility index (Phi) is 4.42. The number of amides is 1. The Labute approximate surface area is 106 Å². The molecule has 1 atom stereocenters. The molecule has 0 saturated carbocycles. The van der Waals surface area contributed by atoms with Crippen LogP contribution >= 0.6 is 0 Å². The lowest BCUT2D eigenvalue weighted by molar-refractivity contribution is -0.143. The Balaban J connectivity index is 3.03. The predicted octanol–water partition coefficient (Wildman–Crippen LogP) is 1.57. The molecule has 0 radical (unpaired) electrons. The van der Waals surface area contributed by atoms with E-state index in [1.807, 2.05) is 0 Å². The zero-order valence-electron chi connectivity index (χ0n) is 11.0. The number of pyridine rings is 1. The normalized spacial score (nSPS) is 12.3. The predicted molar refractivity (Wildman–Crippen MR) is 67.3 cm³/mol. The number of nitrogens with zero attached hydrogens (tertiary/aromatic N) is 2. The summed E-state index contributed by atoms with van der Waals surface area (Å²) in [5, 5.41) is 9.17. The molecule has 5 heteroatoms. The second kappa shape index (κ2) is 5.62. The Morgan fingerprint density at radius 1 is 1.39 bits per heavy atom. The van der Waals surface area contributed by atoms with E-state index in [1.165, 1.54) is 18.1 Å². The molecule has 0 bridgehead atoms. The van der Waals surface area contributed by atoms with Gasteiger partial charge in [0.1, 0.15) is 6.04 Å². The topological polar surface area (TPSA) is 70.5 Å². The van der Waals surface area contributed by atoms with Crippen molar-refractivity contribution in [2.45, 2.75) is 26.8 Å². The van der Waals surface area contributed by atoms with Crippen LogP contribution in [-0.2, 0) is 4.79 Å². The van der Waals surface area contributed by atoms with Crippen LogP contribution in [0.3, 0.4) is 0 Å². The van der Waals surface area contributed by atoms with E-state index in [-0.39, 0.29) is 11.8 Å². The third kappa shape index (κ3) is 2.85. The maximum absolute atomic E-state index is 12.2. The number of aromatic nitrogens is 1. The van der Waals surface area contributed by atoms with Crippen LogP contribution in [0.5, 0.6) is 0 Å². The Bertz CT molecular complexity index is 457. The minimum absolute atomic E-state index is 0.159. The lowest BCUT2D eigenvalue weighted by Crippen LogP contribution is -2.45. The lowest BCUT2D eigenvalue weighted by Gasteiger charge is -2.28. The molecule has 0 fully saturated rings. The van der Waals surface area contributed by atoms with Gasteiger partial charge < -0.3 is 10.0 Å². The van der Waals surface area contributed by atoms with E-state index < -0.39 is 12.0 Å². The molecular formula is C13H18N2O3. The van der Waals surface area contributed by atoms with E-state index in [9.17, 15) is 9.59 Å². The minimum Gasteiger partial charge on any atom is -0.480 e. The highest BCUT2D eigenvalue weighted by Crippen LogP contribution is 2.15. The molecule has 0 aromatic carbocycles. The fraction of sp³-hybridized carbons (Fsp3) is 0.462. The molecule has 1 heterocycles. The van der Waals surface area contributed by atoms with Gasteiger partial charge in [-0.3, -0.25) is 9.78 Å². The minimum atomic E-state index is -0.998. The van der Waals surface area contributed by atoms with Crippen LogP contribution in [0, 0.1) is 12.8 Å². The van der Waals surface area contributed by atoms with Crippen LogP contribution in [0.1, 0.15) is 29.8 Å². The third-order valence-electron chi connectivity index (χ3n) is 2.89. The molecule has 1 aromatic rings. The number of carboxylic acid groups (broad SMARTS) is 1. The molecule has 1 amide bonds. The van der Waals surface area contributed by atoms with Crippen LogP contribution in [0.25, 0.3) is 0 Å². The number of rotatable bonds is 4. The highest BCUT2D eigenvalue weighted by Gasteiger charge is 2.30. The summed E-state index contributed by atoms with van der Waals surface area (Å²) in [5.74, 6) is -1.47. The molecule has 0 spiro atoms. The van der Waals surface area contributed by atoms with Crippen molar-refractivity contribution in [2.24, 2.45) is 5.92 Å². The molecule has 1 aromatic heterocycles. The van der Waals surface area contributed by atoms with Crippen LogP contribution in [0.4, 0.5) is 0 Å². The summed E-state index contributed by atoms with van der Waals surface area (Å²) < 4.78 is 0. The summed E-state index contributed by atoms with van der Waals surface area (Å²) in [5.41, 5.74) is 1.22. The van der Waals surface area contributed by atoms with E-state index in [4.69, 9.17) is 5.11 Å². The number of aryl methyl sites for hydroxylation is 1. The standard InChI is InChI=1S/C13H18N2O3/c1-8(2)11(13(17)18)15(4)12(16)10-7-14-6-5-9(10)3/h5-8,11H,1-4H3,(H,17,18). The van der Waals surface area contributed by atoms with Crippen LogP contribution in [0.2, 0.25) is 0 Å². The summed E-state index contributed by atoms with van der Waals surface area (Å²) >= 11 is 0. The van der Waals surface area contributed by atoms with Gasteiger partial charge in [0, 0.05) is 19.4 Å². The van der Waals surface area contributed by atoms with Crippen molar-refractivity contribution in [1.82, 2.24) is 9.88 Å². The number of carbonyl (C=O) groups is 2. The van der Waals surface area contributed by atoms with Crippen molar-refractivity contribution in [3.05, 3.63) is 29.6 Å². The number of carbonyl (C=O) groups excluding carboxylic acids is 1. The summed E-state index contributed by atoms with van der Waals surface area (Å²) in [6.45, 7) is 5.35. The zero-order chi connectivity index (χ0) is 13.9. The van der Waals surface area contributed by atoms with Gasteiger partial charge in [-0.2, -0.15) is 0 Å². The van der Waals surface area contributed by atoms with Crippen molar-refractivity contribution in [1.29, 1.82) is 0 Å². The summed E-state index contributed by atoms with van der Waals surface area (Å²) in [7, 11) is 1.51. The van der Waals surface area contributed by atoms with E-state index in [2.05, 4.69) is 4.98 Å². The smallest absolute Gasteiger partial charge is 0.326 e. The van der Waals surface area contributed by atoms with Crippen molar-refractivity contribution in [3.8, 4) is 0 Å². The molecule has 0 saturated heterocycles. The summed E-state index contributed by atoms with van der Waals surface area (Å²) in [6.07, 6.45) is 3.07. The second-order valence-electron chi connectivity index (χ2n) is 4.63. The maximum atomic E-state index is 12.2. The van der Waals surface area contributed by atoms with Crippen LogP contribution < -0.4 is 0 Å². The van der Waals surface area contributed by atoms with Crippen LogP contribution in [0.15, 0.2) is 18.5 Å². The highest BCUT2D eigenvalue weighted by atomic mass is 16.4. The summed E-state index contributed by atoms with van der Waals surface area (Å²) in [4.78, 5) is 28.6. The van der Waals surface area contributed by atoms with Gasteiger partial charge in [-0.1, -0.05) is 13.8 Å². The number of likely N-dealkylation sites (N-methyl/N-ethyl adjacent to an activating group) is 1. The number of hydrogen-bond donors (Lipinski definition) is 1. The van der Waals surface area contributed by atoms with Gasteiger partial charge in [-0.05, 0) is 24.5 Å². The van der Waals surface area contributed by atoms with Gasteiger partial charge in [0.2, 0.25) is 0 Å². The molecule has 1 rings (SSSR count). The first-order valence-corrected chi connectivity index (χ1v) is 5.76. The van der Waals surface area contributed by atoms with Crippen molar-refractivity contribution >= 4 is 11.9 Å². The monoisotopic (exact) mass is 250 g/mol. The fourth-order valence-electron chi connectivity index (χ4n) is 1.90. The molecule has 18 heavy (non-hydrogen) atoms. The molecule has 0 aliphatic rings. The first-order chi connectivity index (χ1) is 8.36. The second-order valence-corrected chi connectivity index (χ2v) is 4.63. The molecule has 0 aliphatic heterocycles. The quantitative estimate of drug-likeness (QED) is 0.880. The molecular weight excluding hydrogens is 232 g/mol. The first-order valence-electron chi connectivity index (χ1n) is 5.76. The molecule has 5 nitrogen and oxygen atoms in total.